The average Bonchev–Trinajstić information content (AvgIpc) is 2.67. The van der Waals surface area contributed by atoms with Gasteiger partial charge in [-0.05, 0) is 56.6 Å². The first kappa shape index (κ1) is 12.8. The van der Waals surface area contributed by atoms with E-state index in [0.717, 1.165) is 37.1 Å². The Morgan fingerprint density at radius 1 is 1.37 bits per heavy atom. The van der Waals surface area contributed by atoms with Gasteiger partial charge in [-0.3, -0.25) is 0 Å². The lowest BCUT2D eigenvalue weighted by Crippen LogP contribution is -2.36. The molecule has 0 bridgehead atoms. The minimum atomic E-state index is -0.201. The van der Waals surface area contributed by atoms with Crippen molar-refractivity contribution in [1.29, 1.82) is 0 Å². The van der Waals surface area contributed by atoms with Crippen LogP contribution in [0.25, 0.3) is 11.0 Å². The van der Waals surface area contributed by atoms with Crippen molar-refractivity contribution in [1.82, 2.24) is 9.55 Å². The third-order valence-electron chi connectivity index (χ3n) is 4.07. The quantitative estimate of drug-likeness (QED) is 0.808. The molecule has 1 aliphatic heterocycles. The van der Waals surface area contributed by atoms with Gasteiger partial charge >= 0.3 is 0 Å². The van der Waals surface area contributed by atoms with Gasteiger partial charge in [0.25, 0.3) is 0 Å². The number of rotatable bonds is 1. The van der Waals surface area contributed by atoms with Crippen molar-refractivity contribution < 1.29 is 9.13 Å². The largest absolute Gasteiger partial charge is 0.381 e. The molecule has 0 amide bonds. The highest BCUT2D eigenvalue weighted by molar-refractivity contribution is 7.71. The second-order valence-electron chi connectivity index (χ2n) is 5.49. The second-order valence-corrected chi connectivity index (χ2v) is 5.88. The molecular weight excluding hydrogens is 263 g/mol. The molecule has 1 aromatic heterocycles. The molecule has 5 heteroatoms. The highest BCUT2D eigenvalue weighted by Crippen LogP contribution is 2.33. The summed E-state index contributed by atoms with van der Waals surface area (Å²) in [5.74, 6) is -0.201. The first-order chi connectivity index (χ1) is 9.01. The van der Waals surface area contributed by atoms with Crippen LogP contribution in [0.5, 0.6) is 0 Å². The molecule has 3 nitrogen and oxygen atoms in total. The van der Waals surface area contributed by atoms with Crippen molar-refractivity contribution in [3.63, 3.8) is 0 Å². The van der Waals surface area contributed by atoms with Crippen LogP contribution < -0.4 is 0 Å². The molecule has 2 aromatic rings. The topological polar surface area (TPSA) is 29.9 Å². The number of halogens is 1. The Morgan fingerprint density at radius 2 is 2.05 bits per heavy atom. The van der Waals surface area contributed by atoms with E-state index in [2.05, 4.69) is 16.5 Å². The van der Waals surface area contributed by atoms with Crippen molar-refractivity contribution in [2.75, 3.05) is 13.2 Å². The van der Waals surface area contributed by atoms with Crippen LogP contribution in [0.3, 0.4) is 0 Å². The predicted molar refractivity (Wildman–Crippen MR) is 75.5 cm³/mol. The minimum absolute atomic E-state index is 0.0577. The zero-order valence-electron chi connectivity index (χ0n) is 11.1. The Hall–Kier alpha value is -1.20. The smallest absolute Gasteiger partial charge is 0.178 e. The van der Waals surface area contributed by atoms with Gasteiger partial charge in [0.2, 0.25) is 0 Å². The molecule has 0 radical (unpaired) electrons. The standard InChI is InChI=1S/C14H17FN2OS/c1-9-7-12-11(8-10(9)15)16-13(19)17(12)14(2)3-5-18-6-4-14/h7-8H,3-6H2,1-2H3,(H,16,19). The van der Waals surface area contributed by atoms with Crippen LogP contribution in [0.2, 0.25) is 0 Å². The number of ether oxygens (including phenoxy) is 1. The fourth-order valence-electron chi connectivity index (χ4n) is 2.80. The molecule has 1 N–H and O–H groups in total. The first-order valence-electron chi connectivity index (χ1n) is 6.50. The van der Waals surface area contributed by atoms with Crippen LogP contribution in [-0.2, 0) is 10.3 Å². The Balaban J connectivity index is 2.25. The van der Waals surface area contributed by atoms with Gasteiger partial charge in [0.1, 0.15) is 5.82 Å². The Bertz CT molecular complexity index is 683. The number of imidazole rings is 1. The molecule has 1 saturated heterocycles. The summed E-state index contributed by atoms with van der Waals surface area (Å²) in [7, 11) is 0. The van der Waals surface area contributed by atoms with Crippen molar-refractivity contribution in [2.45, 2.75) is 32.2 Å². The van der Waals surface area contributed by atoms with E-state index < -0.39 is 0 Å². The number of aromatic amines is 1. The van der Waals surface area contributed by atoms with E-state index in [1.54, 1.807) is 6.92 Å². The number of fused-ring (bicyclic) bond motifs is 1. The third kappa shape index (κ3) is 2.01. The van der Waals surface area contributed by atoms with Gasteiger partial charge in [-0.1, -0.05) is 0 Å². The fourth-order valence-corrected chi connectivity index (χ4v) is 3.23. The zero-order chi connectivity index (χ0) is 13.6. The zero-order valence-corrected chi connectivity index (χ0v) is 11.9. The second kappa shape index (κ2) is 4.42. The fraction of sp³-hybridized carbons (Fsp3) is 0.500. The van der Waals surface area contributed by atoms with E-state index in [9.17, 15) is 4.39 Å². The minimum Gasteiger partial charge on any atom is -0.381 e. The van der Waals surface area contributed by atoms with Crippen molar-refractivity contribution in [3.8, 4) is 0 Å². The van der Waals surface area contributed by atoms with E-state index in [1.807, 2.05) is 6.07 Å². The maximum absolute atomic E-state index is 13.6. The molecule has 2 heterocycles. The first-order valence-corrected chi connectivity index (χ1v) is 6.91. The number of benzene rings is 1. The van der Waals surface area contributed by atoms with Gasteiger partial charge in [0, 0.05) is 18.8 Å². The SMILES string of the molecule is Cc1cc2c(cc1F)[nH]c(=S)n2C1(C)CCOCC1. The number of hydrogen-bond donors (Lipinski definition) is 1. The molecule has 0 saturated carbocycles. The lowest BCUT2D eigenvalue weighted by Gasteiger charge is -2.35. The summed E-state index contributed by atoms with van der Waals surface area (Å²) in [6.45, 7) is 5.45. The highest BCUT2D eigenvalue weighted by Gasteiger charge is 2.31. The number of hydrogen-bond acceptors (Lipinski definition) is 2. The number of aromatic nitrogens is 2. The van der Waals surface area contributed by atoms with Crippen LogP contribution in [0.4, 0.5) is 4.39 Å². The van der Waals surface area contributed by atoms with Crippen molar-refractivity contribution in [3.05, 3.63) is 28.3 Å². The third-order valence-corrected chi connectivity index (χ3v) is 4.36. The molecule has 0 atom stereocenters. The number of aryl methyl sites for hydroxylation is 1. The highest BCUT2D eigenvalue weighted by atomic mass is 32.1. The van der Waals surface area contributed by atoms with E-state index in [0.29, 0.717) is 10.3 Å². The normalized spacial score (nSPS) is 18.9. The number of nitrogens with zero attached hydrogens (tertiary/aromatic N) is 1. The summed E-state index contributed by atoms with van der Waals surface area (Å²) in [5.41, 5.74) is 2.33. The summed E-state index contributed by atoms with van der Waals surface area (Å²) in [5, 5.41) is 0. The number of nitrogens with one attached hydrogen (secondary N) is 1. The number of H-pyrrole nitrogens is 1. The molecular formula is C14H17FN2OS. The summed E-state index contributed by atoms with van der Waals surface area (Å²) in [6, 6.07) is 3.40. The van der Waals surface area contributed by atoms with Gasteiger partial charge in [-0.15, -0.1) is 0 Å². The predicted octanol–water partition coefficient (Wildman–Crippen LogP) is 3.67. The molecule has 19 heavy (non-hydrogen) atoms. The van der Waals surface area contributed by atoms with E-state index in [4.69, 9.17) is 17.0 Å². The van der Waals surface area contributed by atoms with Crippen molar-refractivity contribution >= 4 is 23.3 Å². The van der Waals surface area contributed by atoms with Crippen LogP contribution in [0.1, 0.15) is 25.3 Å². The van der Waals surface area contributed by atoms with Crippen LogP contribution >= 0.6 is 12.2 Å². The Morgan fingerprint density at radius 3 is 2.74 bits per heavy atom. The van der Waals surface area contributed by atoms with Gasteiger partial charge in [-0.2, -0.15) is 0 Å². The molecule has 102 valence electrons. The monoisotopic (exact) mass is 280 g/mol. The van der Waals surface area contributed by atoms with E-state index >= 15 is 0 Å². The Labute approximate surface area is 116 Å². The summed E-state index contributed by atoms with van der Waals surface area (Å²) in [4.78, 5) is 3.11. The molecule has 1 fully saturated rings. The molecule has 3 rings (SSSR count). The van der Waals surface area contributed by atoms with Crippen LogP contribution in [0, 0.1) is 17.5 Å². The van der Waals surface area contributed by atoms with Gasteiger partial charge in [0.15, 0.2) is 4.77 Å². The summed E-state index contributed by atoms with van der Waals surface area (Å²) in [6.07, 6.45) is 1.84. The lowest BCUT2D eigenvalue weighted by atomic mass is 9.92. The molecule has 0 aliphatic carbocycles. The van der Waals surface area contributed by atoms with E-state index in [1.165, 1.54) is 6.07 Å². The molecule has 1 aromatic carbocycles. The summed E-state index contributed by atoms with van der Waals surface area (Å²) >= 11 is 5.44. The average molecular weight is 280 g/mol. The maximum atomic E-state index is 13.6. The van der Waals surface area contributed by atoms with Crippen molar-refractivity contribution in [2.24, 2.45) is 0 Å². The van der Waals surface area contributed by atoms with Gasteiger partial charge in [0.05, 0.1) is 11.0 Å². The molecule has 0 spiro atoms. The van der Waals surface area contributed by atoms with Crippen LogP contribution in [-0.4, -0.2) is 22.8 Å². The van der Waals surface area contributed by atoms with E-state index in [-0.39, 0.29) is 11.4 Å². The maximum Gasteiger partial charge on any atom is 0.178 e. The Kier molecular flexibility index (Phi) is 2.98. The lowest BCUT2D eigenvalue weighted by molar-refractivity contribution is 0.0306. The molecule has 0 unspecified atom stereocenters. The molecule has 1 aliphatic rings. The van der Waals surface area contributed by atoms with Gasteiger partial charge in [-0.25, -0.2) is 4.39 Å². The summed E-state index contributed by atoms with van der Waals surface area (Å²) < 4.78 is 21.9. The van der Waals surface area contributed by atoms with Crippen LogP contribution in [0.15, 0.2) is 12.1 Å². The van der Waals surface area contributed by atoms with Gasteiger partial charge < -0.3 is 14.3 Å².